The monoisotopic (exact) mass is 545 g/mol. The van der Waals surface area contributed by atoms with Gasteiger partial charge < -0.3 is 14.8 Å². The van der Waals surface area contributed by atoms with Crippen LogP contribution in [0.15, 0.2) is 58.7 Å². The number of hydrogen-bond acceptors (Lipinski definition) is 3. The largest absolute Gasteiger partial charge is 0.356 e. The van der Waals surface area contributed by atoms with E-state index in [1.54, 1.807) is 37.1 Å². The number of rotatable bonds is 6. The van der Waals surface area contributed by atoms with E-state index in [1.807, 2.05) is 0 Å². The van der Waals surface area contributed by atoms with Crippen LogP contribution in [0.5, 0.6) is 0 Å². The molecular weight excluding hydrogens is 513 g/mol. The molecule has 2 aromatic rings. The molecule has 1 saturated heterocycles. The Hall–Kier alpha value is -1.59. The van der Waals surface area contributed by atoms with Crippen LogP contribution in [0.1, 0.15) is 24.8 Å². The van der Waals surface area contributed by atoms with Crippen LogP contribution in [0.2, 0.25) is 0 Å². The van der Waals surface area contributed by atoms with Crippen molar-refractivity contribution >= 4 is 40.0 Å². The quantitative estimate of drug-likeness (QED) is 0.253. The van der Waals surface area contributed by atoms with E-state index in [9.17, 15) is 8.42 Å². The number of guanidine groups is 1. The minimum absolute atomic E-state index is 0. The molecule has 2 heterocycles. The minimum atomic E-state index is -3.48. The highest BCUT2D eigenvalue weighted by Gasteiger charge is 2.28. The van der Waals surface area contributed by atoms with Crippen molar-refractivity contribution in [3.05, 3.63) is 54.4 Å². The SMILES string of the molecule is CN=C(NCCNS(=O)(=O)c1ccn(C)c1)N1CCC(c2ccccc2)C(C)C1.I. The number of nitrogens with one attached hydrogen (secondary N) is 2. The first-order valence-corrected chi connectivity index (χ1v) is 11.5. The number of aliphatic imine (C=N–C) groups is 1. The average molecular weight is 545 g/mol. The van der Waals surface area contributed by atoms with Gasteiger partial charge in [0.25, 0.3) is 0 Å². The fraction of sp³-hybridized carbons (Fsp3) is 0.476. The molecule has 2 atom stereocenters. The number of benzene rings is 1. The van der Waals surface area contributed by atoms with Crippen molar-refractivity contribution in [1.29, 1.82) is 0 Å². The lowest BCUT2D eigenvalue weighted by molar-refractivity contribution is 0.234. The molecule has 0 bridgehead atoms. The van der Waals surface area contributed by atoms with Crippen molar-refractivity contribution in [1.82, 2.24) is 19.5 Å². The number of nitrogens with zero attached hydrogens (tertiary/aromatic N) is 3. The topological polar surface area (TPSA) is 78.7 Å². The molecule has 1 fully saturated rings. The summed E-state index contributed by atoms with van der Waals surface area (Å²) in [6.07, 6.45) is 4.38. The molecule has 0 spiro atoms. The fourth-order valence-corrected chi connectivity index (χ4v) is 5.03. The molecule has 2 unspecified atom stereocenters. The van der Waals surface area contributed by atoms with Gasteiger partial charge in [-0.05, 0) is 29.9 Å². The molecule has 166 valence electrons. The highest BCUT2D eigenvalue weighted by molar-refractivity contribution is 14.0. The lowest BCUT2D eigenvalue weighted by Gasteiger charge is -2.39. The molecule has 1 aromatic heterocycles. The van der Waals surface area contributed by atoms with Crippen molar-refractivity contribution < 1.29 is 8.42 Å². The van der Waals surface area contributed by atoms with E-state index in [0.29, 0.717) is 24.9 Å². The zero-order valence-electron chi connectivity index (χ0n) is 17.8. The van der Waals surface area contributed by atoms with Crippen molar-refractivity contribution in [2.24, 2.45) is 18.0 Å². The van der Waals surface area contributed by atoms with E-state index in [1.165, 1.54) is 5.56 Å². The van der Waals surface area contributed by atoms with Gasteiger partial charge in [-0.25, -0.2) is 13.1 Å². The highest BCUT2D eigenvalue weighted by Crippen LogP contribution is 2.32. The smallest absolute Gasteiger partial charge is 0.242 e. The van der Waals surface area contributed by atoms with E-state index >= 15 is 0 Å². The normalized spacial score (nSPS) is 20.0. The summed E-state index contributed by atoms with van der Waals surface area (Å²) in [5.74, 6) is 1.90. The Morgan fingerprint density at radius 3 is 2.53 bits per heavy atom. The summed E-state index contributed by atoms with van der Waals surface area (Å²) in [6.45, 7) is 4.91. The van der Waals surface area contributed by atoms with E-state index in [-0.39, 0.29) is 28.9 Å². The lowest BCUT2D eigenvalue weighted by atomic mass is 9.82. The van der Waals surface area contributed by atoms with Gasteiger partial charge in [-0.15, -0.1) is 24.0 Å². The third kappa shape index (κ3) is 6.21. The molecule has 0 radical (unpaired) electrons. The Balaban J connectivity index is 0.00000320. The predicted molar refractivity (Wildman–Crippen MR) is 132 cm³/mol. The third-order valence-electron chi connectivity index (χ3n) is 5.46. The van der Waals surface area contributed by atoms with E-state index in [0.717, 1.165) is 25.5 Å². The molecule has 1 aliphatic heterocycles. The van der Waals surface area contributed by atoms with Crippen molar-refractivity contribution in [2.45, 2.75) is 24.2 Å². The van der Waals surface area contributed by atoms with Gasteiger partial charge in [0.2, 0.25) is 10.0 Å². The standard InChI is InChI=1S/C21H31N5O2S.HI/c1-17-15-26(14-10-20(17)18-7-5-4-6-8-18)21(22-2)23-11-12-24-29(27,28)19-9-13-25(3)16-19;/h4-9,13,16-17,20,24H,10-12,14-15H2,1-3H3,(H,22,23);1H. The molecule has 3 rings (SSSR count). The molecule has 30 heavy (non-hydrogen) atoms. The summed E-state index contributed by atoms with van der Waals surface area (Å²) >= 11 is 0. The van der Waals surface area contributed by atoms with Gasteiger partial charge in [-0.1, -0.05) is 37.3 Å². The summed E-state index contributed by atoms with van der Waals surface area (Å²) < 4.78 is 28.9. The number of hydrogen-bond donors (Lipinski definition) is 2. The second-order valence-corrected chi connectivity index (χ2v) is 9.38. The maximum Gasteiger partial charge on any atom is 0.242 e. The number of halogens is 1. The first-order valence-electron chi connectivity index (χ1n) is 10.0. The summed E-state index contributed by atoms with van der Waals surface area (Å²) in [7, 11) is 0.0864. The zero-order valence-corrected chi connectivity index (χ0v) is 20.9. The van der Waals surface area contributed by atoms with Gasteiger partial charge in [-0.3, -0.25) is 4.99 Å². The van der Waals surface area contributed by atoms with Crippen LogP contribution in [-0.4, -0.2) is 57.1 Å². The Morgan fingerprint density at radius 1 is 1.20 bits per heavy atom. The molecule has 0 amide bonds. The summed E-state index contributed by atoms with van der Waals surface area (Å²) in [5, 5.41) is 3.29. The maximum absolute atomic E-state index is 12.3. The number of aryl methyl sites for hydroxylation is 1. The van der Waals surface area contributed by atoms with Crippen molar-refractivity contribution in [3.63, 3.8) is 0 Å². The van der Waals surface area contributed by atoms with Crippen LogP contribution < -0.4 is 10.0 Å². The van der Waals surface area contributed by atoms with Gasteiger partial charge in [0, 0.05) is 52.7 Å². The second-order valence-electron chi connectivity index (χ2n) is 7.61. The van der Waals surface area contributed by atoms with Crippen LogP contribution in [-0.2, 0) is 17.1 Å². The van der Waals surface area contributed by atoms with Crippen LogP contribution in [0, 0.1) is 5.92 Å². The Bertz CT molecular complexity index is 930. The fourth-order valence-electron chi connectivity index (χ4n) is 3.95. The maximum atomic E-state index is 12.3. The zero-order chi connectivity index (χ0) is 20.9. The van der Waals surface area contributed by atoms with Gasteiger partial charge in [-0.2, -0.15) is 0 Å². The Morgan fingerprint density at radius 2 is 1.93 bits per heavy atom. The Kier molecular flexibility index (Phi) is 9.17. The van der Waals surface area contributed by atoms with Crippen LogP contribution in [0.25, 0.3) is 0 Å². The van der Waals surface area contributed by atoms with Gasteiger partial charge in [0.1, 0.15) is 0 Å². The van der Waals surface area contributed by atoms with Crippen molar-refractivity contribution in [2.75, 3.05) is 33.2 Å². The highest BCUT2D eigenvalue weighted by atomic mass is 127. The number of likely N-dealkylation sites (tertiary alicyclic amines) is 1. The number of sulfonamides is 1. The van der Waals surface area contributed by atoms with Gasteiger partial charge in [0.05, 0.1) is 4.90 Å². The van der Waals surface area contributed by atoms with E-state index in [2.05, 4.69) is 57.2 Å². The lowest BCUT2D eigenvalue weighted by Crippen LogP contribution is -2.49. The molecule has 9 heteroatoms. The molecule has 7 nitrogen and oxygen atoms in total. The molecule has 1 aliphatic rings. The van der Waals surface area contributed by atoms with Gasteiger partial charge in [0.15, 0.2) is 5.96 Å². The summed E-state index contributed by atoms with van der Waals surface area (Å²) in [4.78, 5) is 6.93. The Labute approximate surface area is 197 Å². The number of aromatic nitrogens is 1. The molecule has 0 aliphatic carbocycles. The predicted octanol–water partition coefficient (Wildman–Crippen LogP) is 2.62. The van der Waals surface area contributed by atoms with Gasteiger partial charge >= 0.3 is 0 Å². The summed E-state index contributed by atoms with van der Waals surface area (Å²) in [5.41, 5.74) is 1.40. The van der Waals surface area contributed by atoms with E-state index in [4.69, 9.17) is 0 Å². The molecule has 0 saturated carbocycles. The van der Waals surface area contributed by atoms with Crippen LogP contribution in [0.4, 0.5) is 0 Å². The first kappa shape index (κ1) is 24.7. The van der Waals surface area contributed by atoms with Crippen LogP contribution >= 0.6 is 24.0 Å². The molecular formula is C21H32IN5O2S. The molecule has 2 N–H and O–H groups in total. The average Bonchev–Trinajstić information content (AvgIpc) is 3.16. The van der Waals surface area contributed by atoms with Crippen LogP contribution in [0.3, 0.4) is 0 Å². The molecule has 1 aromatic carbocycles. The first-order chi connectivity index (χ1) is 13.9. The summed E-state index contributed by atoms with van der Waals surface area (Å²) in [6, 6.07) is 12.3. The second kappa shape index (κ2) is 11.1. The third-order valence-corrected chi connectivity index (χ3v) is 6.91. The van der Waals surface area contributed by atoms with E-state index < -0.39 is 10.0 Å². The number of piperidine rings is 1. The van der Waals surface area contributed by atoms with Crippen molar-refractivity contribution in [3.8, 4) is 0 Å². The minimum Gasteiger partial charge on any atom is -0.356 e.